The molecule has 0 aliphatic carbocycles. The highest BCUT2D eigenvalue weighted by atomic mass is 19.1. The van der Waals surface area contributed by atoms with Gasteiger partial charge in [0.1, 0.15) is 11.6 Å². The Morgan fingerprint density at radius 3 is 2.52 bits per heavy atom. The van der Waals surface area contributed by atoms with Crippen LogP contribution in [0, 0.1) is 5.82 Å². The number of para-hydroxylation sites is 1. The zero-order valence-corrected chi connectivity index (χ0v) is 16.2. The van der Waals surface area contributed by atoms with E-state index in [0.717, 1.165) is 5.56 Å². The van der Waals surface area contributed by atoms with Crippen molar-refractivity contribution in [2.45, 2.75) is 6.42 Å². The number of methoxy groups -OCH3 is 2. The second-order valence-electron chi connectivity index (χ2n) is 6.23. The molecule has 2 N–H and O–H groups in total. The molecule has 29 heavy (non-hydrogen) atoms. The van der Waals surface area contributed by atoms with E-state index in [0.29, 0.717) is 41.5 Å². The Morgan fingerprint density at radius 2 is 1.83 bits per heavy atom. The lowest BCUT2D eigenvalue weighted by Crippen LogP contribution is -2.25. The smallest absolute Gasteiger partial charge is 0.252 e. The molecule has 1 aromatic heterocycles. The molecule has 150 valence electrons. The van der Waals surface area contributed by atoms with Gasteiger partial charge in [-0.3, -0.25) is 4.79 Å². The standard InChI is InChI=1S/C22H22FN3O3/c1-28-19-9-7-15(13-20(19)29-2)11-12-24-22(27)16-8-10-21(25-14-16)26-18-6-4-3-5-17(18)23/h3-10,13-14H,11-12H2,1-2H3,(H,24,27)(H,25,26). The number of ether oxygens (including phenoxy) is 2. The van der Waals surface area contributed by atoms with Crippen LogP contribution in [0.2, 0.25) is 0 Å². The molecular weight excluding hydrogens is 373 g/mol. The first kappa shape index (κ1) is 20.1. The molecular formula is C22H22FN3O3. The van der Waals surface area contributed by atoms with Gasteiger partial charge in [-0.1, -0.05) is 18.2 Å². The van der Waals surface area contributed by atoms with Gasteiger partial charge in [-0.05, 0) is 48.4 Å². The van der Waals surface area contributed by atoms with Crippen LogP contribution in [-0.4, -0.2) is 31.7 Å². The van der Waals surface area contributed by atoms with Gasteiger partial charge in [-0.2, -0.15) is 0 Å². The Labute approximate surface area is 168 Å². The van der Waals surface area contributed by atoms with Gasteiger partial charge in [-0.15, -0.1) is 0 Å². The summed E-state index contributed by atoms with van der Waals surface area (Å²) in [4.78, 5) is 16.5. The third kappa shape index (κ3) is 5.22. The van der Waals surface area contributed by atoms with Crippen molar-refractivity contribution in [2.75, 3.05) is 26.1 Å². The number of nitrogens with zero attached hydrogens (tertiary/aromatic N) is 1. The summed E-state index contributed by atoms with van der Waals surface area (Å²) < 4.78 is 24.2. The van der Waals surface area contributed by atoms with Crippen molar-refractivity contribution in [3.63, 3.8) is 0 Å². The molecule has 3 rings (SSSR count). The number of carbonyl (C=O) groups is 1. The van der Waals surface area contributed by atoms with Crippen LogP contribution < -0.4 is 20.1 Å². The average Bonchev–Trinajstić information content (AvgIpc) is 2.75. The summed E-state index contributed by atoms with van der Waals surface area (Å²) in [6, 6.07) is 15.2. The normalized spacial score (nSPS) is 10.3. The van der Waals surface area contributed by atoms with Crippen molar-refractivity contribution in [2.24, 2.45) is 0 Å². The number of anilines is 2. The van der Waals surface area contributed by atoms with Crippen LogP contribution in [0.4, 0.5) is 15.9 Å². The summed E-state index contributed by atoms with van der Waals surface area (Å²) in [6.45, 7) is 0.462. The number of benzene rings is 2. The fourth-order valence-electron chi connectivity index (χ4n) is 2.76. The van der Waals surface area contributed by atoms with Gasteiger partial charge in [0.05, 0.1) is 25.5 Å². The van der Waals surface area contributed by atoms with Gasteiger partial charge in [-0.25, -0.2) is 9.37 Å². The fraction of sp³-hybridized carbons (Fsp3) is 0.182. The van der Waals surface area contributed by atoms with E-state index in [-0.39, 0.29) is 11.7 Å². The highest BCUT2D eigenvalue weighted by Crippen LogP contribution is 2.27. The minimum absolute atomic E-state index is 0.226. The van der Waals surface area contributed by atoms with Gasteiger partial charge in [0, 0.05) is 12.7 Å². The number of halogens is 1. The van der Waals surface area contributed by atoms with Crippen molar-refractivity contribution in [1.29, 1.82) is 0 Å². The van der Waals surface area contributed by atoms with Gasteiger partial charge in [0.25, 0.3) is 5.91 Å². The first-order chi connectivity index (χ1) is 14.1. The monoisotopic (exact) mass is 395 g/mol. The topological polar surface area (TPSA) is 72.5 Å². The van der Waals surface area contributed by atoms with E-state index in [9.17, 15) is 9.18 Å². The maximum Gasteiger partial charge on any atom is 0.252 e. The predicted molar refractivity (Wildman–Crippen MR) is 110 cm³/mol. The Balaban J connectivity index is 1.54. The van der Waals surface area contributed by atoms with E-state index in [1.54, 1.807) is 44.6 Å². The van der Waals surface area contributed by atoms with Crippen molar-refractivity contribution < 1.29 is 18.7 Å². The van der Waals surface area contributed by atoms with Gasteiger partial charge < -0.3 is 20.1 Å². The SMILES string of the molecule is COc1ccc(CCNC(=O)c2ccc(Nc3ccccc3F)nc2)cc1OC. The summed E-state index contributed by atoms with van der Waals surface area (Å²) in [6.07, 6.45) is 2.10. The lowest BCUT2D eigenvalue weighted by Gasteiger charge is -2.10. The Morgan fingerprint density at radius 1 is 1.03 bits per heavy atom. The van der Waals surface area contributed by atoms with Crippen molar-refractivity contribution >= 4 is 17.4 Å². The van der Waals surface area contributed by atoms with Crippen LogP contribution in [0.5, 0.6) is 11.5 Å². The highest BCUT2D eigenvalue weighted by Gasteiger charge is 2.08. The average molecular weight is 395 g/mol. The van der Waals surface area contributed by atoms with Crippen molar-refractivity contribution in [3.8, 4) is 11.5 Å². The largest absolute Gasteiger partial charge is 0.493 e. The quantitative estimate of drug-likeness (QED) is 0.604. The highest BCUT2D eigenvalue weighted by molar-refractivity contribution is 5.94. The van der Waals surface area contributed by atoms with Crippen molar-refractivity contribution in [1.82, 2.24) is 10.3 Å². The zero-order valence-electron chi connectivity index (χ0n) is 16.2. The molecule has 0 aliphatic heterocycles. The third-order valence-electron chi connectivity index (χ3n) is 4.31. The molecule has 0 bridgehead atoms. The molecule has 1 heterocycles. The Bertz CT molecular complexity index is 977. The Kier molecular flexibility index (Phi) is 6.63. The van der Waals surface area contributed by atoms with Crippen LogP contribution in [0.3, 0.4) is 0 Å². The number of hydrogen-bond acceptors (Lipinski definition) is 5. The van der Waals surface area contributed by atoms with E-state index in [4.69, 9.17) is 9.47 Å². The van der Waals surface area contributed by atoms with Crippen molar-refractivity contribution in [3.05, 3.63) is 77.7 Å². The minimum atomic E-state index is -0.369. The van der Waals surface area contributed by atoms with Gasteiger partial charge in [0.2, 0.25) is 0 Å². The van der Waals surface area contributed by atoms with E-state index >= 15 is 0 Å². The molecule has 0 fully saturated rings. The number of aromatic nitrogens is 1. The number of pyridine rings is 1. The molecule has 0 radical (unpaired) electrons. The second-order valence-corrected chi connectivity index (χ2v) is 6.23. The summed E-state index contributed by atoms with van der Waals surface area (Å²) in [5.74, 6) is 1.17. The lowest BCUT2D eigenvalue weighted by molar-refractivity contribution is 0.0954. The molecule has 3 aromatic rings. The summed E-state index contributed by atoms with van der Waals surface area (Å²) >= 11 is 0. The molecule has 0 saturated heterocycles. The summed E-state index contributed by atoms with van der Waals surface area (Å²) in [5, 5.41) is 5.74. The predicted octanol–water partition coefficient (Wildman–Crippen LogP) is 3.95. The summed E-state index contributed by atoms with van der Waals surface area (Å²) in [5.41, 5.74) is 1.77. The second kappa shape index (κ2) is 9.54. The van der Waals surface area contributed by atoms with Crippen LogP contribution in [0.1, 0.15) is 15.9 Å². The molecule has 0 unspecified atom stereocenters. The first-order valence-corrected chi connectivity index (χ1v) is 9.07. The van der Waals surface area contributed by atoms with Crippen LogP contribution >= 0.6 is 0 Å². The lowest BCUT2D eigenvalue weighted by atomic mass is 10.1. The van der Waals surface area contributed by atoms with Gasteiger partial charge in [0.15, 0.2) is 11.5 Å². The van der Waals surface area contributed by atoms with Gasteiger partial charge >= 0.3 is 0 Å². The maximum absolute atomic E-state index is 13.7. The molecule has 6 nitrogen and oxygen atoms in total. The number of carbonyl (C=O) groups excluding carboxylic acids is 1. The van der Waals surface area contributed by atoms with E-state index in [2.05, 4.69) is 15.6 Å². The zero-order chi connectivity index (χ0) is 20.6. The molecule has 7 heteroatoms. The first-order valence-electron chi connectivity index (χ1n) is 9.07. The van der Waals surface area contributed by atoms with Crippen LogP contribution in [0.25, 0.3) is 0 Å². The van der Waals surface area contributed by atoms with E-state index < -0.39 is 0 Å². The van der Waals surface area contributed by atoms with Crippen LogP contribution in [-0.2, 0) is 6.42 Å². The maximum atomic E-state index is 13.7. The molecule has 0 saturated carbocycles. The molecule has 0 aliphatic rings. The van der Waals surface area contributed by atoms with E-state index in [1.165, 1.54) is 12.3 Å². The minimum Gasteiger partial charge on any atom is -0.493 e. The summed E-state index contributed by atoms with van der Waals surface area (Å²) in [7, 11) is 3.17. The Hall–Kier alpha value is -3.61. The van der Waals surface area contributed by atoms with Crippen LogP contribution in [0.15, 0.2) is 60.8 Å². The number of rotatable bonds is 8. The third-order valence-corrected chi connectivity index (χ3v) is 4.31. The molecule has 0 atom stereocenters. The number of nitrogens with one attached hydrogen (secondary N) is 2. The fourth-order valence-corrected chi connectivity index (χ4v) is 2.76. The molecule has 1 amide bonds. The number of amides is 1. The number of hydrogen-bond donors (Lipinski definition) is 2. The van der Waals surface area contributed by atoms with E-state index in [1.807, 2.05) is 18.2 Å². The molecule has 2 aromatic carbocycles. The molecule has 0 spiro atoms.